The highest BCUT2D eigenvalue weighted by Crippen LogP contribution is 2.20. The molecule has 0 aliphatic rings. The zero-order valence-electron chi connectivity index (χ0n) is 10.2. The second-order valence-electron chi connectivity index (χ2n) is 3.66. The normalized spacial score (nSPS) is 9.61. The van der Waals surface area contributed by atoms with Crippen LogP contribution in [0.5, 0.6) is 11.5 Å². The minimum Gasteiger partial charge on any atom is -0.457 e. The molecule has 2 rings (SSSR count). The molecule has 2 aromatic rings. The summed E-state index contributed by atoms with van der Waals surface area (Å²) in [6, 6.07) is 17.8. The van der Waals surface area contributed by atoms with Gasteiger partial charge in [-0.1, -0.05) is 30.3 Å². The van der Waals surface area contributed by atoms with E-state index in [-0.39, 0.29) is 12.4 Å². The first kappa shape index (κ1) is 14.5. The first-order valence-corrected chi connectivity index (χ1v) is 5.60. The molecule has 0 atom stereocenters. The van der Waals surface area contributed by atoms with Gasteiger partial charge in [0.1, 0.15) is 11.5 Å². The largest absolute Gasteiger partial charge is 0.457 e. The van der Waals surface area contributed by atoms with Gasteiger partial charge in [0.15, 0.2) is 0 Å². The van der Waals surface area contributed by atoms with Crippen molar-refractivity contribution in [1.82, 2.24) is 10.9 Å². The first-order chi connectivity index (χ1) is 8.38. The Morgan fingerprint density at radius 2 is 1.50 bits per heavy atom. The third kappa shape index (κ3) is 4.37. The van der Waals surface area contributed by atoms with Gasteiger partial charge >= 0.3 is 0 Å². The summed E-state index contributed by atoms with van der Waals surface area (Å²) in [5.74, 6) is 1.71. The zero-order valence-corrected chi connectivity index (χ0v) is 11.0. The van der Waals surface area contributed by atoms with Crippen molar-refractivity contribution in [3.05, 3.63) is 60.2 Å². The fourth-order valence-corrected chi connectivity index (χ4v) is 1.49. The monoisotopic (exact) mass is 264 g/mol. The summed E-state index contributed by atoms with van der Waals surface area (Å²) in [7, 11) is 1.85. The van der Waals surface area contributed by atoms with Gasteiger partial charge in [0, 0.05) is 6.54 Å². The van der Waals surface area contributed by atoms with Crippen LogP contribution in [-0.2, 0) is 6.54 Å². The fourth-order valence-electron chi connectivity index (χ4n) is 1.49. The van der Waals surface area contributed by atoms with E-state index in [0.717, 1.165) is 18.0 Å². The van der Waals surface area contributed by atoms with Crippen molar-refractivity contribution >= 4 is 12.4 Å². The molecule has 0 unspecified atom stereocenters. The van der Waals surface area contributed by atoms with Crippen LogP contribution in [0.1, 0.15) is 5.56 Å². The minimum absolute atomic E-state index is 0. The molecular weight excluding hydrogens is 248 g/mol. The SMILES string of the molecule is CNNCc1ccc(Oc2ccccc2)cc1.Cl. The van der Waals surface area contributed by atoms with E-state index in [9.17, 15) is 0 Å². The number of halogens is 1. The van der Waals surface area contributed by atoms with Crippen LogP contribution >= 0.6 is 12.4 Å². The van der Waals surface area contributed by atoms with Crippen LogP contribution in [0.15, 0.2) is 54.6 Å². The van der Waals surface area contributed by atoms with Crippen molar-refractivity contribution in [3.63, 3.8) is 0 Å². The Labute approximate surface area is 114 Å². The van der Waals surface area contributed by atoms with Crippen molar-refractivity contribution in [1.29, 1.82) is 0 Å². The summed E-state index contributed by atoms with van der Waals surface area (Å²) >= 11 is 0. The van der Waals surface area contributed by atoms with E-state index in [2.05, 4.69) is 10.9 Å². The molecule has 96 valence electrons. The lowest BCUT2D eigenvalue weighted by atomic mass is 10.2. The maximum atomic E-state index is 5.70. The van der Waals surface area contributed by atoms with Crippen molar-refractivity contribution in [2.45, 2.75) is 6.54 Å². The van der Waals surface area contributed by atoms with Crippen LogP contribution in [-0.4, -0.2) is 7.05 Å². The summed E-state index contributed by atoms with van der Waals surface area (Å²) in [6.45, 7) is 0.794. The summed E-state index contributed by atoms with van der Waals surface area (Å²) in [6.07, 6.45) is 0. The zero-order chi connectivity index (χ0) is 11.9. The van der Waals surface area contributed by atoms with Gasteiger partial charge in [-0.2, -0.15) is 0 Å². The van der Waals surface area contributed by atoms with E-state index in [1.807, 2.05) is 61.6 Å². The van der Waals surface area contributed by atoms with Gasteiger partial charge in [0.2, 0.25) is 0 Å². The molecule has 0 saturated heterocycles. The van der Waals surface area contributed by atoms with Gasteiger partial charge in [0.05, 0.1) is 0 Å². The van der Waals surface area contributed by atoms with Gasteiger partial charge in [-0.05, 0) is 36.9 Å². The number of hydrazine groups is 1. The van der Waals surface area contributed by atoms with Crippen molar-refractivity contribution in [3.8, 4) is 11.5 Å². The van der Waals surface area contributed by atoms with E-state index in [0.29, 0.717) is 0 Å². The van der Waals surface area contributed by atoms with E-state index in [1.54, 1.807) is 0 Å². The number of nitrogens with one attached hydrogen (secondary N) is 2. The smallest absolute Gasteiger partial charge is 0.127 e. The molecule has 0 saturated carbocycles. The fraction of sp³-hybridized carbons (Fsp3) is 0.143. The number of benzene rings is 2. The molecule has 0 aliphatic heterocycles. The number of para-hydroxylation sites is 1. The average Bonchev–Trinajstić information content (AvgIpc) is 2.39. The summed E-state index contributed by atoms with van der Waals surface area (Å²) in [4.78, 5) is 0. The quantitative estimate of drug-likeness (QED) is 0.814. The van der Waals surface area contributed by atoms with Gasteiger partial charge in [-0.15, -0.1) is 12.4 Å². The summed E-state index contributed by atoms with van der Waals surface area (Å²) in [5.41, 5.74) is 7.14. The van der Waals surface area contributed by atoms with Crippen molar-refractivity contribution < 1.29 is 4.74 Å². The molecule has 0 bridgehead atoms. The molecule has 4 heteroatoms. The molecule has 3 nitrogen and oxygen atoms in total. The second-order valence-corrected chi connectivity index (χ2v) is 3.66. The maximum absolute atomic E-state index is 5.70. The maximum Gasteiger partial charge on any atom is 0.127 e. The Morgan fingerprint density at radius 1 is 0.889 bits per heavy atom. The molecule has 0 aromatic heterocycles. The van der Waals surface area contributed by atoms with Crippen LogP contribution in [0.25, 0.3) is 0 Å². The van der Waals surface area contributed by atoms with E-state index >= 15 is 0 Å². The van der Waals surface area contributed by atoms with Gasteiger partial charge < -0.3 is 4.74 Å². The Kier molecular flexibility index (Phi) is 6.22. The highest BCUT2D eigenvalue weighted by atomic mass is 35.5. The molecule has 2 N–H and O–H groups in total. The highest BCUT2D eigenvalue weighted by molar-refractivity contribution is 5.85. The third-order valence-electron chi connectivity index (χ3n) is 2.37. The molecule has 0 radical (unpaired) electrons. The lowest BCUT2D eigenvalue weighted by molar-refractivity contribution is 0.482. The number of rotatable bonds is 5. The van der Waals surface area contributed by atoms with E-state index < -0.39 is 0 Å². The standard InChI is InChI=1S/C14H16N2O.ClH/c1-15-16-11-12-7-9-14(10-8-12)17-13-5-3-2-4-6-13;/h2-10,15-16H,11H2,1H3;1H. The predicted octanol–water partition coefficient (Wildman–Crippen LogP) is 3.12. The molecule has 0 aliphatic carbocycles. The number of ether oxygens (including phenoxy) is 1. The minimum atomic E-state index is 0. The molecule has 0 heterocycles. The van der Waals surface area contributed by atoms with Gasteiger partial charge in [-0.25, -0.2) is 0 Å². The van der Waals surface area contributed by atoms with Crippen molar-refractivity contribution in [2.24, 2.45) is 0 Å². The molecule has 2 aromatic carbocycles. The van der Waals surface area contributed by atoms with Crippen LogP contribution < -0.4 is 15.6 Å². The topological polar surface area (TPSA) is 33.3 Å². The summed E-state index contributed by atoms with van der Waals surface area (Å²) in [5, 5.41) is 0. The van der Waals surface area contributed by atoms with Crippen molar-refractivity contribution in [2.75, 3.05) is 7.05 Å². The molecular formula is C14H17ClN2O. The van der Waals surface area contributed by atoms with Crippen LogP contribution in [0.3, 0.4) is 0 Å². The Morgan fingerprint density at radius 3 is 2.11 bits per heavy atom. The Balaban J connectivity index is 0.00000162. The number of hydrogen-bond donors (Lipinski definition) is 2. The van der Waals surface area contributed by atoms with E-state index in [4.69, 9.17) is 4.74 Å². The molecule has 0 fully saturated rings. The summed E-state index contributed by atoms with van der Waals surface area (Å²) < 4.78 is 5.70. The average molecular weight is 265 g/mol. The Hall–Kier alpha value is -1.55. The molecule has 0 amide bonds. The second kappa shape index (κ2) is 7.71. The number of hydrogen-bond acceptors (Lipinski definition) is 3. The predicted molar refractivity (Wildman–Crippen MR) is 76.1 cm³/mol. The van der Waals surface area contributed by atoms with Crippen LogP contribution in [0.4, 0.5) is 0 Å². The van der Waals surface area contributed by atoms with Gasteiger partial charge in [0.25, 0.3) is 0 Å². The Bertz CT molecular complexity index is 445. The van der Waals surface area contributed by atoms with Crippen LogP contribution in [0.2, 0.25) is 0 Å². The van der Waals surface area contributed by atoms with Gasteiger partial charge in [-0.3, -0.25) is 10.9 Å². The third-order valence-corrected chi connectivity index (χ3v) is 2.37. The first-order valence-electron chi connectivity index (χ1n) is 5.60. The molecule has 18 heavy (non-hydrogen) atoms. The highest BCUT2D eigenvalue weighted by Gasteiger charge is 1.96. The van der Waals surface area contributed by atoms with Crippen LogP contribution in [0, 0.1) is 0 Å². The van der Waals surface area contributed by atoms with E-state index in [1.165, 1.54) is 5.56 Å². The molecule has 0 spiro atoms. The lowest BCUT2D eigenvalue weighted by Crippen LogP contribution is -2.26. The lowest BCUT2D eigenvalue weighted by Gasteiger charge is -2.07.